The van der Waals surface area contributed by atoms with Crippen LogP contribution in [0.3, 0.4) is 0 Å². The van der Waals surface area contributed by atoms with Crippen LogP contribution in [-0.2, 0) is 16.1 Å². The molecule has 0 aromatic heterocycles. The second-order valence-electron chi connectivity index (χ2n) is 2.74. The van der Waals surface area contributed by atoms with Crippen molar-refractivity contribution >= 4 is 5.97 Å². The van der Waals surface area contributed by atoms with Crippen LogP contribution >= 0.6 is 0 Å². The Morgan fingerprint density at radius 1 is 1.43 bits per heavy atom. The molecule has 0 radical (unpaired) electrons. The van der Waals surface area contributed by atoms with Crippen LogP contribution in [0.25, 0.3) is 0 Å². The Labute approximate surface area is 81.1 Å². The Morgan fingerprint density at radius 3 is 2.64 bits per heavy atom. The summed E-state index contributed by atoms with van der Waals surface area (Å²) in [7, 11) is 0. The van der Waals surface area contributed by atoms with Crippen LogP contribution in [-0.4, -0.2) is 23.9 Å². The normalized spacial score (nSPS) is 12.1. The van der Waals surface area contributed by atoms with Crippen molar-refractivity contribution in [2.24, 2.45) is 0 Å². The molecule has 76 valence electrons. The van der Waals surface area contributed by atoms with Gasteiger partial charge in [-0.05, 0) is 5.56 Å². The number of rotatable bonds is 4. The molecule has 0 saturated carbocycles. The van der Waals surface area contributed by atoms with Crippen LogP contribution in [0, 0.1) is 0 Å². The predicted octanol–water partition coefficient (Wildman–Crippen LogP) is 1.06. The van der Waals surface area contributed by atoms with Crippen molar-refractivity contribution in [1.82, 2.24) is 0 Å². The number of esters is 1. The summed E-state index contributed by atoms with van der Waals surface area (Å²) < 4.78 is 17.1. The first-order chi connectivity index (χ1) is 6.74. The van der Waals surface area contributed by atoms with Crippen LogP contribution in [0.5, 0.6) is 0 Å². The SMILES string of the molecule is O=C(OCc1ccccc1)C([18F])CO. The number of carbonyl (C=O) groups excluding carboxylic acids is 1. The van der Waals surface area contributed by atoms with Gasteiger partial charge in [0, 0.05) is 0 Å². The first kappa shape index (κ1) is 10.7. The number of carbonyl (C=O) groups is 1. The number of halogens is 1. The van der Waals surface area contributed by atoms with Gasteiger partial charge in [-0.25, -0.2) is 9.18 Å². The van der Waals surface area contributed by atoms with Crippen molar-refractivity contribution in [1.29, 1.82) is 0 Å². The summed E-state index contributed by atoms with van der Waals surface area (Å²) in [6.07, 6.45) is -1.95. The maximum atomic E-state index is 12.5. The molecule has 0 heterocycles. The zero-order chi connectivity index (χ0) is 10.4. The van der Waals surface area contributed by atoms with E-state index >= 15 is 0 Å². The first-order valence-electron chi connectivity index (χ1n) is 4.19. The Morgan fingerprint density at radius 2 is 2.07 bits per heavy atom. The molecule has 1 aromatic carbocycles. The Bertz CT molecular complexity index is 287. The maximum absolute atomic E-state index is 12.5. The van der Waals surface area contributed by atoms with Gasteiger partial charge in [0.15, 0.2) is 0 Å². The predicted molar refractivity (Wildman–Crippen MR) is 48.2 cm³/mol. The van der Waals surface area contributed by atoms with Gasteiger partial charge in [-0.3, -0.25) is 0 Å². The lowest BCUT2D eigenvalue weighted by atomic mass is 10.2. The first-order valence-corrected chi connectivity index (χ1v) is 4.19. The molecule has 1 atom stereocenters. The molecule has 4 heteroatoms. The van der Waals surface area contributed by atoms with E-state index in [4.69, 9.17) is 5.11 Å². The summed E-state index contributed by atoms with van der Waals surface area (Å²) in [5, 5.41) is 8.33. The molecule has 0 aliphatic rings. The number of aliphatic hydroxyl groups excluding tert-OH is 1. The van der Waals surface area contributed by atoms with E-state index in [1.807, 2.05) is 6.07 Å². The molecule has 3 nitrogen and oxygen atoms in total. The van der Waals surface area contributed by atoms with Gasteiger partial charge < -0.3 is 9.84 Å². The van der Waals surface area contributed by atoms with Gasteiger partial charge in [-0.2, -0.15) is 0 Å². The van der Waals surface area contributed by atoms with Crippen molar-refractivity contribution in [2.75, 3.05) is 6.61 Å². The zero-order valence-electron chi connectivity index (χ0n) is 7.52. The lowest BCUT2D eigenvalue weighted by molar-refractivity contribution is -0.152. The number of hydrogen-bond donors (Lipinski definition) is 1. The third kappa shape index (κ3) is 3.14. The molecular weight excluding hydrogens is 186 g/mol. The minimum Gasteiger partial charge on any atom is -0.459 e. The van der Waals surface area contributed by atoms with Gasteiger partial charge in [-0.1, -0.05) is 30.3 Å². The van der Waals surface area contributed by atoms with Crippen molar-refractivity contribution in [3.05, 3.63) is 35.9 Å². The largest absolute Gasteiger partial charge is 0.459 e. The second kappa shape index (κ2) is 5.34. The molecule has 0 spiro atoms. The molecule has 1 rings (SSSR count). The number of benzene rings is 1. The van der Waals surface area contributed by atoms with Crippen molar-refractivity contribution in [3.8, 4) is 0 Å². The summed E-state index contributed by atoms with van der Waals surface area (Å²) >= 11 is 0. The minimum atomic E-state index is -1.95. The Kier molecular flexibility index (Phi) is 4.07. The third-order valence-corrected chi connectivity index (χ3v) is 1.64. The molecule has 1 N–H and O–H groups in total. The molecule has 0 aliphatic carbocycles. The molecule has 14 heavy (non-hydrogen) atoms. The van der Waals surface area contributed by atoms with E-state index in [0.29, 0.717) is 0 Å². The standard InChI is InChI=1S/C10H11FO3/c11-9(6-12)10(13)14-7-8-4-2-1-3-5-8/h1-5,9,12H,6-7H2/i11-1. The van der Waals surface area contributed by atoms with Gasteiger partial charge in [0.05, 0.1) is 6.61 Å². The van der Waals surface area contributed by atoms with E-state index in [-0.39, 0.29) is 6.61 Å². The molecule has 1 unspecified atom stereocenters. The topological polar surface area (TPSA) is 46.5 Å². The van der Waals surface area contributed by atoms with E-state index in [9.17, 15) is 9.18 Å². The van der Waals surface area contributed by atoms with E-state index in [1.54, 1.807) is 24.3 Å². The minimum absolute atomic E-state index is 0.0279. The monoisotopic (exact) mass is 197 g/mol. The Balaban J connectivity index is 2.38. The van der Waals surface area contributed by atoms with Gasteiger partial charge in [0.1, 0.15) is 6.61 Å². The van der Waals surface area contributed by atoms with Crippen molar-refractivity contribution in [3.63, 3.8) is 0 Å². The molecular formula is C10H11FO3. The van der Waals surface area contributed by atoms with E-state index < -0.39 is 18.7 Å². The molecule has 1 aromatic rings. The van der Waals surface area contributed by atoms with Crippen LogP contribution in [0.2, 0.25) is 0 Å². The third-order valence-electron chi connectivity index (χ3n) is 1.64. The maximum Gasteiger partial charge on any atom is 0.343 e. The van der Waals surface area contributed by atoms with Crippen LogP contribution < -0.4 is 0 Å². The molecule has 0 amide bonds. The molecule has 0 fully saturated rings. The van der Waals surface area contributed by atoms with Gasteiger partial charge in [0.25, 0.3) is 0 Å². The molecule has 0 saturated heterocycles. The summed E-state index contributed by atoms with van der Waals surface area (Å²) in [5.74, 6) is -1.03. The van der Waals surface area contributed by atoms with Gasteiger partial charge in [0.2, 0.25) is 6.17 Å². The fraction of sp³-hybridized carbons (Fsp3) is 0.300. The fourth-order valence-electron chi connectivity index (χ4n) is 0.894. The summed E-state index contributed by atoms with van der Waals surface area (Å²) in [6, 6.07) is 8.94. The van der Waals surface area contributed by atoms with Crippen molar-refractivity contribution < 1.29 is 19.0 Å². The molecule has 0 aliphatic heterocycles. The quantitative estimate of drug-likeness (QED) is 0.734. The average Bonchev–Trinajstić information content (AvgIpc) is 2.26. The van der Waals surface area contributed by atoms with Crippen molar-refractivity contribution in [2.45, 2.75) is 12.8 Å². The van der Waals surface area contributed by atoms with E-state index in [0.717, 1.165) is 5.56 Å². The smallest absolute Gasteiger partial charge is 0.343 e. The number of hydrogen-bond acceptors (Lipinski definition) is 3. The highest BCUT2D eigenvalue weighted by molar-refractivity contribution is 5.74. The Hall–Kier alpha value is -1.42. The molecule has 0 bridgehead atoms. The van der Waals surface area contributed by atoms with Crippen LogP contribution in [0.1, 0.15) is 5.56 Å². The fourth-order valence-corrected chi connectivity index (χ4v) is 0.894. The van der Waals surface area contributed by atoms with Gasteiger partial charge >= 0.3 is 5.97 Å². The summed E-state index contributed by atoms with van der Waals surface area (Å²) in [4.78, 5) is 10.8. The highest BCUT2D eigenvalue weighted by Gasteiger charge is 2.17. The lowest BCUT2D eigenvalue weighted by Gasteiger charge is -2.06. The highest BCUT2D eigenvalue weighted by Crippen LogP contribution is 2.02. The zero-order valence-corrected chi connectivity index (χ0v) is 7.52. The van der Waals surface area contributed by atoms with E-state index in [2.05, 4.69) is 4.74 Å². The summed E-state index contributed by atoms with van der Waals surface area (Å²) in [5.41, 5.74) is 0.783. The van der Waals surface area contributed by atoms with Gasteiger partial charge in [-0.15, -0.1) is 0 Å². The van der Waals surface area contributed by atoms with Crippen LogP contribution in [0.4, 0.5) is 4.39 Å². The average molecular weight is 197 g/mol. The van der Waals surface area contributed by atoms with E-state index in [1.165, 1.54) is 0 Å². The number of ether oxygens (including phenoxy) is 1. The van der Waals surface area contributed by atoms with Crippen LogP contribution in [0.15, 0.2) is 30.3 Å². The lowest BCUT2D eigenvalue weighted by Crippen LogP contribution is -2.22. The summed E-state index contributed by atoms with van der Waals surface area (Å²) in [6.45, 7) is -0.812. The number of aliphatic hydroxyl groups is 1. The number of alkyl halides is 1. The highest BCUT2D eigenvalue weighted by atomic mass is 18.2. The second-order valence-corrected chi connectivity index (χ2v) is 2.74.